The number of thiophene rings is 1. The summed E-state index contributed by atoms with van der Waals surface area (Å²) < 4.78 is 18.4. The molecular weight excluding hydrogens is 929 g/mol. The maximum atomic E-state index is 13.7. The third kappa shape index (κ3) is 32.8. The number of amides is 1. The van der Waals surface area contributed by atoms with E-state index in [0.717, 1.165) is 79.8 Å². The number of ketones is 1. The minimum atomic E-state index is -0.309. The number of hydrogen-bond donors (Lipinski definition) is 0. The molecule has 2 heterocycles. The molecule has 0 saturated heterocycles. The number of ether oxygens (including phenoxy) is 3. The van der Waals surface area contributed by atoms with Crippen molar-refractivity contribution in [1.29, 1.82) is 0 Å². The SMILES string of the molecule is CCCCCCCCC(CCCCCCCC)OC(=O)CCCCC(=O)CCc1sc2c(c1C(=O)OCCCN(C)C)CCN(C(=O)CCCCCOC(C)C(CCCCCCCC)CCCCCCCC)C2. The van der Waals surface area contributed by atoms with Crippen molar-refractivity contribution in [3.05, 3.63) is 20.9 Å². The number of aryl methyl sites for hydroxylation is 1. The van der Waals surface area contributed by atoms with E-state index in [1.165, 1.54) is 154 Å². The van der Waals surface area contributed by atoms with Crippen LogP contribution in [0.3, 0.4) is 0 Å². The van der Waals surface area contributed by atoms with Gasteiger partial charge in [-0.05, 0) is 116 Å². The van der Waals surface area contributed by atoms with Crippen molar-refractivity contribution in [3.63, 3.8) is 0 Å². The highest BCUT2D eigenvalue weighted by Crippen LogP contribution is 2.35. The van der Waals surface area contributed by atoms with E-state index in [0.29, 0.717) is 82.5 Å². The lowest BCUT2D eigenvalue weighted by atomic mass is 9.90. The summed E-state index contributed by atoms with van der Waals surface area (Å²) in [6, 6.07) is 0. The van der Waals surface area contributed by atoms with Crippen LogP contribution in [-0.2, 0) is 48.0 Å². The minimum absolute atomic E-state index is 0.00342. The minimum Gasteiger partial charge on any atom is -0.462 e. The Kier molecular flexibility index (Phi) is 41.0. The molecule has 1 unspecified atom stereocenters. The third-order valence-corrected chi connectivity index (χ3v) is 16.7. The summed E-state index contributed by atoms with van der Waals surface area (Å²) in [5, 5.41) is 0. The molecule has 73 heavy (non-hydrogen) atoms. The molecule has 10 heteroatoms. The van der Waals surface area contributed by atoms with Crippen molar-refractivity contribution in [1.82, 2.24) is 9.80 Å². The van der Waals surface area contributed by atoms with Gasteiger partial charge < -0.3 is 24.0 Å². The zero-order chi connectivity index (χ0) is 53.2. The number of fused-ring (bicyclic) bond motifs is 1. The summed E-state index contributed by atoms with van der Waals surface area (Å²) in [5.74, 6) is 0.515. The molecule has 1 aromatic rings. The highest BCUT2D eigenvalue weighted by atomic mass is 32.1. The Morgan fingerprint density at radius 2 is 1.08 bits per heavy atom. The average molecular weight is 1040 g/mol. The first-order chi connectivity index (χ1) is 35.5. The van der Waals surface area contributed by atoms with Gasteiger partial charge in [0, 0.05) is 55.1 Å². The van der Waals surface area contributed by atoms with Crippen molar-refractivity contribution in [2.45, 2.75) is 310 Å². The standard InChI is InChI=1S/C63H114N2O7S/c1-8-12-16-20-24-29-38-54(39-30-25-21-17-13-9-2)53(5)70-50-36-28-33-43-60(67)65-49-47-57-59(52-65)73-58(62(57)63(69)71-51-37-48-64(6)7)46-45-55(66)40-34-35-44-61(68)72-56(41-31-26-22-18-14-10-3)42-32-27-23-19-15-11-4/h53-54,56H,8-52H2,1-7H3. The molecule has 9 nitrogen and oxygen atoms in total. The van der Waals surface area contributed by atoms with E-state index in [2.05, 4.69) is 39.5 Å². The maximum absolute atomic E-state index is 13.7. The second-order valence-corrected chi connectivity index (χ2v) is 23.6. The van der Waals surface area contributed by atoms with Crippen molar-refractivity contribution in [3.8, 4) is 0 Å². The van der Waals surface area contributed by atoms with Gasteiger partial charge in [0.1, 0.15) is 11.9 Å². The first-order valence-electron chi connectivity index (χ1n) is 31.1. The zero-order valence-electron chi connectivity index (χ0n) is 48.7. The number of esters is 2. The van der Waals surface area contributed by atoms with Gasteiger partial charge in [0.2, 0.25) is 5.91 Å². The van der Waals surface area contributed by atoms with Crippen LogP contribution in [0.25, 0.3) is 0 Å². The molecule has 0 N–H and O–H groups in total. The topological polar surface area (TPSA) is 102 Å². The normalized spacial score (nSPS) is 13.1. The van der Waals surface area contributed by atoms with Gasteiger partial charge in [-0.3, -0.25) is 14.4 Å². The highest BCUT2D eigenvalue weighted by molar-refractivity contribution is 7.12. The quantitative estimate of drug-likeness (QED) is 0.0470. The summed E-state index contributed by atoms with van der Waals surface area (Å²) >= 11 is 1.58. The molecule has 0 aromatic carbocycles. The molecular formula is C63H114N2O7S. The van der Waals surface area contributed by atoms with Crippen LogP contribution in [0.15, 0.2) is 0 Å². The number of Topliss-reactive ketones (excluding diaryl/α,β-unsaturated/α-hetero) is 1. The number of rotatable bonds is 50. The van der Waals surface area contributed by atoms with Crippen LogP contribution in [0.5, 0.6) is 0 Å². The fourth-order valence-corrected chi connectivity index (χ4v) is 11.9. The number of carbonyl (C=O) groups excluding carboxylic acids is 4. The van der Waals surface area contributed by atoms with Crippen molar-refractivity contribution in [2.24, 2.45) is 5.92 Å². The second kappa shape index (κ2) is 44.8. The third-order valence-electron chi connectivity index (χ3n) is 15.4. The van der Waals surface area contributed by atoms with E-state index in [1.807, 2.05) is 19.0 Å². The molecule has 424 valence electrons. The summed E-state index contributed by atoms with van der Waals surface area (Å²) in [4.78, 5) is 59.6. The molecule has 1 amide bonds. The number of unbranched alkanes of at least 4 members (excludes halogenated alkanes) is 23. The molecule has 1 atom stereocenters. The fourth-order valence-electron chi connectivity index (χ4n) is 10.6. The Balaban J connectivity index is 1.89. The number of hydrogen-bond acceptors (Lipinski definition) is 9. The van der Waals surface area contributed by atoms with E-state index in [-0.39, 0.29) is 35.8 Å². The molecule has 1 aliphatic heterocycles. The Hall–Kier alpha value is -2.30. The van der Waals surface area contributed by atoms with Crippen LogP contribution >= 0.6 is 11.3 Å². The summed E-state index contributed by atoms with van der Waals surface area (Å²) in [6.45, 7) is 14.4. The molecule has 0 bridgehead atoms. The van der Waals surface area contributed by atoms with E-state index in [4.69, 9.17) is 14.2 Å². The Morgan fingerprint density at radius 1 is 0.575 bits per heavy atom. The van der Waals surface area contributed by atoms with Gasteiger partial charge in [0.25, 0.3) is 0 Å². The zero-order valence-corrected chi connectivity index (χ0v) is 49.5. The first kappa shape index (κ1) is 66.8. The molecule has 2 rings (SSSR count). The van der Waals surface area contributed by atoms with Crippen molar-refractivity contribution in [2.75, 3.05) is 40.4 Å². The van der Waals surface area contributed by atoms with Crippen molar-refractivity contribution < 1.29 is 33.4 Å². The van der Waals surface area contributed by atoms with Gasteiger partial charge in [-0.1, -0.05) is 175 Å². The van der Waals surface area contributed by atoms with Crippen LogP contribution in [0, 0.1) is 5.92 Å². The van der Waals surface area contributed by atoms with Gasteiger partial charge in [-0.2, -0.15) is 0 Å². The Labute approximate surface area is 453 Å². The Morgan fingerprint density at radius 3 is 1.64 bits per heavy atom. The van der Waals surface area contributed by atoms with Gasteiger partial charge in [-0.15, -0.1) is 11.3 Å². The lowest BCUT2D eigenvalue weighted by Gasteiger charge is -2.27. The summed E-state index contributed by atoms with van der Waals surface area (Å²) in [6.07, 6.45) is 43.1. The lowest BCUT2D eigenvalue weighted by molar-refractivity contribution is -0.150. The molecule has 0 fully saturated rings. The molecule has 0 radical (unpaired) electrons. The summed E-state index contributed by atoms with van der Waals surface area (Å²) in [7, 11) is 4.02. The fraction of sp³-hybridized carbons (Fsp3) is 0.873. The molecule has 0 aliphatic carbocycles. The largest absolute Gasteiger partial charge is 0.462 e. The van der Waals surface area contributed by atoms with Crippen LogP contribution in [0.2, 0.25) is 0 Å². The van der Waals surface area contributed by atoms with Gasteiger partial charge >= 0.3 is 11.9 Å². The monoisotopic (exact) mass is 1040 g/mol. The van der Waals surface area contributed by atoms with E-state index < -0.39 is 0 Å². The number of nitrogens with zero attached hydrogens (tertiary/aromatic N) is 2. The average Bonchev–Trinajstić information content (AvgIpc) is 3.75. The predicted octanol–water partition coefficient (Wildman–Crippen LogP) is 17.3. The molecule has 0 spiro atoms. The molecule has 1 aliphatic rings. The van der Waals surface area contributed by atoms with E-state index in [1.54, 1.807) is 11.3 Å². The molecule has 0 saturated carbocycles. The maximum Gasteiger partial charge on any atom is 0.339 e. The highest BCUT2D eigenvalue weighted by Gasteiger charge is 2.30. The van der Waals surface area contributed by atoms with E-state index in [9.17, 15) is 19.2 Å². The number of carbonyl (C=O) groups is 4. The summed E-state index contributed by atoms with van der Waals surface area (Å²) in [5.41, 5.74) is 1.62. The Bertz CT molecular complexity index is 1510. The van der Waals surface area contributed by atoms with E-state index >= 15 is 0 Å². The second-order valence-electron chi connectivity index (χ2n) is 22.4. The van der Waals surface area contributed by atoms with Gasteiger partial charge in [0.15, 0.2) is 0 Å². The van der Waals surface area contributed by atoms with Gasteiger partial charge in [0.05, 0.1) is 24.8 Å². The predicted molar refractivity (Wildman–Crippen MR) is 308 cm³/mol. The van der Waals surface area contributed by atoms with Gasteiger partial charge in [-0.25, -0.2) is 4.79 Å². The van der Waals surface area contributed by atoms with Crippen molar-refractivity contribution >= 4 is 35.0 Å². The van der Waals surface area contributed by atoms with Crippen LogP contribution in [0.4, 0.5) is 0 Å². The van der Waals surface area contributed by atoms with Crippen LogP contribution in [-0.4, -0.2) is 86.0 Å². The molecule has 1 aromatic heterocycles. The smallest absolute Gasteiger partial charge is 0.339 e. The van der Waals surface area contributed by atoms with Crippen LogP contribution in [0.1, 0.15) is 304 Å². The lowest BCUT2D eigenvalue weighted by Crippen LogP contribution is -2.35. The first-order valence-corrected chi connectivity index (χ1v) is 31.9. The van der Waals surface area contributed by atoms with Crippen LogP contribution < -0.4 is 0 Å².